The van der Waals surface area contributed by atoms with Gasteiger partial charge in [0.25, 0.3) is 0 Å². The predicted octanol–water partition coefficient (Wildman–Crippen LogP) is 1.16. The molecule has 0 aromatic carbocycles. The lowest BCUT2D eigenvalue weighted by atomic mass is 9.80. The molecule has 3 aliphatic heterocycles. The van der Waals surface area contributed by atoms with Crippen LogP contribution in [0.4, 0.5) is 0 Å². The number of carbonyl (C=O) groups is 1. The summed E-state index contributed by atoms with van der Waals surface area (Å²) in [4.78, 5) is 19.1. The van der Waals surface area contributed by atoms with Gasteiger partial charge in [0, 0.05) is 77.8 Å². The van der Waals surface area contributed by atoms with E-state index < -0.39 is 0 Å². The van der Waals surface area contributed by atoms with Crippen molar-refractivity contribution in [2.75, 3.05) is 58.9 Å². The smallest absolute Gasteiger partial charge is 0.219 e. The van der Waals surface area contributed by atoms with Gasteiger partial charge in [0.05, 0.1) is 11.7 Å². The maximum atomic E-state index is 11.3. The molecular weight excluding hydrogens is 328 g/mol. The monoisotopic (exact) mass is 366 g/mol. The maximum Gasteiger partial charge on any atom is 0.219 e. The van der Waals surface area contributed by atoms with Crippen LogP contribution < -0.4 is 5.32 Å². The first-order valence-corrected chi connectivity index (χ1v) is 10.6. The van der Waals surface area contributed by atoms with E-state index in [-0.39, 0.29) is 17.6 Å². The zero-order chi connectivity index (χ0) is 18.6. The topological polar surface area (TPSA) is 48.1 Å². The number of rotatable bonds is 7. The van der Waals surface area contributed by atoms with Crippen molar-refractivity contribution in [1.29, 1.82) is 0 Å². The second kappa shape index (κ2) is 9.00. The Morgan fingerprint density at radius 1 is 1.08 bits per heavy atom. The summed E-state index contributed by atoms with van der Waals surface area (Å²) in [5.41, 5.74) is 0.112. The molecular formula is C20H38N4O2. The molecule has 3 heterocycles. The first-order chi connectivity index (χ1) is 12.5. The minimum atomic E-state index is 0.112. The molecule has 3 saturated heterocycles. The zero-order valence-corrected chi connectivity index (χ0v) is 17.0. The number of likely N-dealkylation sites (tertiary alicyclic amines) is 1. The third-order valence-electron chi connectivity index (χ3n) is 6.50. The fraction of sp³-hybridized carbons (Fsp3) is 0.950. The number of ether oxygens (including phenoxy) is 1. The van der Waals surface area contributed by atoms with Crippen molar-refractivity contribution in [2.24, 2.45) is 0 Å². The van der Waals surface area contributed by atoms with Gasteiger partial charge in [0.15, 0.2) is 0 Å². The fourth-order valence-electron chi connectivity index (χ4n) is 4.52. The summed E-state index contributed by atoms with van der Waals surface area (Å²) in [6.07, 6.45) is 4.19. The Kier molecular flexibility index (Phi) is 6.94. The Morgan fingerprint density at radius 2 is 1.65 bits per heavy atom. The quantitative estimate of drug-likeness (QED) is 0.733. The van der Waals surface area contributed by atoms with Crippen molar-refractivity contribution in [3.8, 4) is 0 Å². The lowest BCUT2D eigenvalue weighted by Gasteiger charge is -2.52. The normalized spacial score (nSPS) is 27.6. The van der Waals surface area contributed by atoms with Gasteiger partial charge in [-0.25, -0.2) is 0 Å². The molecule has 0 bridgehead atoms. The number of hydrogen-bond donors (Lipinski definition) is 1. The van der Waals surface area contributed by atoms with Gasteiger partial charge in [-0.3, -0.25) is 14.6 Å². The SMILES string of the molecule is CCC(=O)NCC1CC2(CCN(CCN3CCN(C(C)C)CC3)CC2)O1. The van der Waals surface area contributed by atoms with Crippen molar-refractivity contribution in [3.05, 3.63) is 0 Å². The molecule has 1 unspecified atom stereocenters. The van der Waals surface area contributed by atoms with E-state index in [1.807, 2.05) is 6.92 Å². The van der Waals surface area contributed by atoms with Gasteiger partial charge in [-0.05, 0) is 26.7 Å². The molecule has 0 aromatic rings. The van der Waals surface area contributed by atoms with Gasteiger partial charge in [-0.2, -0.15) is 0 Å². The van der Waals surface area contributed by atoms with Gasteiger partial charge in [0.1, 0.15) is 0 Å². The Balaban J connectivity index is 1.28. The molecule has 1 atom stereocenters. The van der Waals surface area contributed by atoms with E-state index in [0.29, 0.717) is 19.0 Å². The van der Waals surface area contributed by atoms with Gasteiger partial charge in [0.2, 0.25) is 5.91 Å². The molecule has 6 heteroatoms. The third-order valence-corrected chi connectivity index (χ3v) is 6.50. The van der Waals surface area contributed by atoms with E-state index >= 15 is 0 Å². The zero-order valence-electron chi connectivity index (χ0n) is 17.0. The molecule has 6 nitrogen and oxygen atoms in total. The first-order valence-electron chi connectivity index (χ1n) is 10.6. The highest BCUT2D eigenvalue weighted by atomic mass is 16.5. The summed E-state index contributed by atoms with van der Waals surface area (Å²) in [5.74, 6) is 0.124. The molecule has 0 aliphatic carbocycles. The molecule has 26 heavy (non-hydrogen) atoms. The van der Waals surface area contributed by atoms with E-state index in [2.05, 4.69) is 33.9 Å². The van der Waals surface area contributed by atoms with Crippen LogP contribution in [0.25, 0.3) is 0 Å². The van der Waals surface area contributed by atoms with Gasteiger partial charge in [-0.1, -0.05) is 6.92 Å². The lowest BCUT2D eigenvalue weighted by molar-refractivity contribution is -0.223. The van der Waals surface area contributed by atoms with Crippen LogP contribution in [0.5, 0.6) is 0 Å². The number of amides is 1. The maximum absolute atomic E-state index is 11.3. The second-order valence-electron chi connectivity index (χ2n) is 8.60. The fourth-order valence-corrected chi connectivity index (χ4v) is 4.52. The molecule has 0 aromatic heterocycles. The van der Waals surface area contributed by atoms with Crippen molar-refractivity contribution in [2.45, 2.75) is 64.2 Å². The summed E-state index contributed by atoms with van der Waals surface area (Å²) in [6.45, 7) is 16.7. The Morgan fingerprint density at radius 3 is 2.19 bits per heavy atom. The molecule has 3 aliphatic rings. The van der Waals surface area contributed by atoms with Crippen LogP contribution in [0, 0.1) is 0 Å². The molecule has 0 saturated carbocycles. The summed E-state index contributed by atoms with van der Waals surface area (Å²) in [7, 11) is 0. The number of nitrogens with zero attached hydrogens (tertiary/aromatic N) is 3. The van der Waals surface area contributed by atoms with Crippen LogP contribution >= 0.6 is 0 Å². The van der Waals surface area contributed by atoms with Crippen molar-refractivity contribution in [1.82, 2.24) is 20.0 Å². The minimum absolute atomic E-state index is 0.112. The Bertz CT molecular complexity index is 447. The largest absolute Gasteiger partial charge is 0.370 e. The average Bonchev–Trinajstić information content (AvgIpc) is 2.63. The Hall–Kier alpha value is -0.690. The van der Waals surface area contributed by atoms with Crippen LogP contribution in [0.1, 0.15) is 46.5 Å². The molecule has 0 radical (unpaired) electrons. The third kappa shape index (κ3) is 5.18. The first kappa shape index (κ1) is 20.1. The number of piperazine rings is 1. The summed E-state index contributed by atoms with van der Waals surface area (Å²) in [5, 5.41) is 2.95. The van der Waals surface area contributed by atoms with E-state index in [4.69, 9.17) is 4.74 Å². The molecule has 3 rings (SSSR count). The van der Waals surface area contributed by atoms with E-state index in [9.17, 15) is 4.79 Å². The summed E-state index contributed by atoms with van der Waals surface area (Å²) in [6, 6.07) is 0.678. The number of nitrogens with one attached hydrogen (secondary N) is 1. The second-order valence-corrected chi connectivity index (χ2v) is 8.60. The van der Waals surface area contributed by atoms with Crippen LogP contribution in [0.2, 0.25) is 0 Å². The van der Waals surface area contributed by atoms with Gasteiger partial charge < -0.3 is 15.0 Å². The molecule has 1 amide bonds. The van der Waals surface area contributed by atoms with Crippen LogP contribution in [0.15, 0.2) is 0 Å². The highest BCUT2D eigenvalue weighted by Gasteiger charge is 2.46. The lowest BCUT2D eigenvalue weighted by Crippen LogP contribution is -2.59. The van der Waals surface area contributed by atoms with E-state index in [0.717, 1.165) is 32.4 Å². The number of piperidine rings is 1. The average molecular weight is 367 g/mol. The van der Waals surface area contributed by atoms with E-state index in [1.165, 1.54) is 39.3 Å². The van der Waals surface area contributed by atoms with Crippen molar-refractivity contribution >= 4 is 5.91 Å². The van der Waals surface area contributed by atoms with Crippen LogP contribution in [-0.4, -0.2) is 97.3 Å². The summed E-state index contributed by atoms with van der Waals surface area (Å²) >= 11 is 0. The molecule has 1 N–H and O–H groups in total. The highest BCUT2D eigenvalue weighted by molar-refractivity contribution is 5.75. The minimum Gasteiger partial charge on any atom is -0.370 e. The van der Waals surface area contributed by atoms with Gasteiger partial charge >= 0.3 is 0 Å². The van der Waals surface area contributed by atoms with Crippen LogP contribution in [0.3, 0.4) is 0 Å². The number of carbonyl (C=O) groups excluding carboxylic acids is 1. The number of hydrogen-bond acceptors (Lipinski definition) is 5. The highest BCUT2D eigenvalue weighted by Crippen LogP contribution is 2.40. The molecule has 3 fully saturated rings. The predicted molar refractivity (Wildman–Crippen MR) is 104 cm³/mol. The Labute approximate surface area is 159 Å². The molecule has 1 spiro atoms. The van der Waals surface area contributed by atoms with Crippen LogP contribution in [-0.2, 0) is 9.53 Å². The van der Waals surface area contributed by atoms with Crippen molar-refractivity contribution in [3.63, 3.8) is 0 Å². The standard InChI is InChI=1S/C20H38N4O2/c1-4-19(25)21-16-18-15-20(26-18)5-7-22(8-6-20)9-10-23-11-13-24(14-12-23)17(2)3/h17-18H,4-16H2,1-3H3,(H,21,25). The van der Waals surface area contributed by atoms with E-state index in [1.54, 1.807) is 0 Å². The summed E-state index contributed by atoms with van der Waals surface area (Å²) < 4.78 is 6.18. The van der Waals surface area contributed by atoms with Gasteiger partial charge in [-0.15, -0.1) is 0 Å². The van der Waals surface area contributed by atoms with Crippen molar-refractivity contribution < 1.29 is 9.53 Å². The molecule has 150 valence electrons.